The van der Waals surface area contributed by atoms with Gasteiger partial charge < -0.3 is 9.29 Å². The van der Waals surface area contributed by atoms with Crippen LogP contribution in [-0.2, 0) is 16.8 Å². The van der Waals surface area contributed by atoms with Crippen LogP contribution in [0.3, 0.4) is 0 Å². The summed E-state index contributed by atoms with van der Waals surface area (Å²) in [6.07, 6.45) is 6.69. The lowest BCUT2D eigenvalue weighted by Crippen LogP contribution is -2.39. The average Bonchev–Trinajstić information content (AvgIpc) is 2.81. The van der Waals surface area contributed by atoms with Crippen molar-refractivity contribution in [1.82, 2.24) is 0 Å². The van der Waals surface area contributed by atoms with Crippen LogP contribution >= 0.6 is 0 Å². The van der Waals surface area contributed by atoms with Gasteiger partial charge in [0.15, 0.2) is 0 Å². The average molecular weight is 350 g/mol. The van der Waals surface area contributed by atoms with Gasteiger partial charge in [0.05, 0.1) is 6.10 Å². The Hall–Kier alpha value is -1.37. The molecule has 6 heteroatoms. The molecule has 2 fully saturated rings. The molecule has 130 valence electrons. The number of hydrogen-bond donors (Lipinski definition) is 2. The molecule has 3 aliphatic rings. The SMILES string of the molecule is C[C@@]12CC[C@@H]3C(=CCc4cc(OS(=O)(=O)O)ccc43)[C@H]1CC[C@@H]2O. The summed E-state index contributed by atoms with van der Waals surface area (Å²) < 4.78 is 35.2. The number of aliphatic hydroxyl groups excluding tert-OH is 1. The Morgan fingerprint density at radius 2 is 2.04 bits per heavy atom. The van der Waals surface area contributed by atoms with E-state index in [1.165, 1.54) is 11.1 Å². The summed E-state index contributed by atoms with van der Waals surface area (Å²) in [5.74, 6) is 0.926. The predicted molar refractivity (Wildman–Crippen MR) is 89.2 cm³/mol. The first-order valence-electron chi connectivity index (χ1n) is 8.46. The Kier molecular flexibility index (Phi) is 3.57. The van der Waals surface area contributed by atoms with Gasteiger partial charge in [0.2, 0.25) is 0 Å². The molecule has 0 spiro atoms. The minimum atomic E-state index is -4.50. The highest BCUT2D eigenvalue weighted by atomic mass is 32.3. The second kappa shape index (κ2) is 5.31. The maximum atomic E-state index is 10.9. The molecule has 0 aromatic heterocycles. The minimum Gasteiger partial charge on any atom is -0.393 e. The minimum absolute atomic E-state index is 0.00610. The van der Waals surface area contributed by atoms with Gasteiger partial charge in [-0.05, 0) is 61.3 Å². The first kappa shape index (κ1) is 16.1. The molecular formula is C18H22O5S. The summed E-state index contributed by atoms with van der Waals surface area (Å²) in [6.45, 7) is 2.21. The van der Waals surface area contributed by atoms with Crippen molar-refractivity contribution in [3.63, 3.8) is 0 Å². The molecule has 4 rings (SSSR count). The van der Waals surface area contributed by atoms with Gasteiger partial charge in [-0.3, -0.25) is 4.55 Å². The molecular weight excluding hydrogens is 328 g/mol. The van der Waals surface area contributed by atoms with E-state index < -0.39 is 10.4 Å². The molecule has 2 saturated carbocycles. The van der Waals surface area contributed by atoms with Gasteiger partial charge in [0, 0.05) is 11.3 Å². The molecule has 24 heavy (non-hydrogen) atoms. The smallest absolute Gasteiger partial charge is 0.393 e. The van der Waals surface area contributed by atoms with E-state index in [9.17, 15) is 13.5 Å². The first-order valence-corrected chi connectivity index (χ1v) is 9.82. The van der Waals surface area contributed by atoms with Gasteiger partial charge in [-0.25, -0.2) is 0 Å². The topological polar surface area (TPSA) is 83.8 Å². The largest absolute Gasteiger partial charge is 0.446 e. The summed E-state index contributed by atoms with van der Waals surface area (Å²) >= 11 is 0. The molecule has 1 aromatic rings. The third-order valence-corrected chi connectivity index (χ3v) is 6.71. The maximum Gasteiger partial charge on any atom is 0.446 e. The lowest BCUT2D eigenvalue weighted by atomic mass is 9.59. The fourth-order valence-corrected chi connectivity index (χ4v) is 5.44. The van der Waals surface area contributed by atoms with E-state index in [4.69, 9.17) is 4.55 Å². The zero-order chi connectivity index (χ0) is 17.1. The Balaban J connectivity index is 1.67. The van der Waals surface area contributed by atoms with E-state index in [0.29, 0.717) is 11.8 Å². The van der Waals surface area contributed by atoms with Crippen LogP contribution in [0, 0.1) is 11.3 Å². The van der Waals surface area contributed by atoms with Crippen molar-refractivity contribution in [1.29, 1.82) is 0 Å². The Bertz CT molecular complexity index is 813. The van der Waals surface area contributed by atoms with E-state index >= 15 is 0 Å². The zero-order valence-corrected chi connectivity index (χ0v) is 14.4. The Labute approximate surface area is 142 Å². The summed E-state index contributed by atoms with van der Waals surface area (Å²) in [5.41, 5.74) is 3.70. The van der Waals surface area contributed by atoms with Gasteiger partial charge in [0.25, 0.3) is 0 Å². The molecule has 5 nitrogen and oxygen atoms in total. The number of fused-ring (bicyclic) bond motifs is 5. The highest BCUT2D eigenvalue weighted by Crippen LogP contribution is 2.59. The van der Waals surface area contributed by atoms with Crippen LogP contribution in [0.1, 0.15) is 49.7 Å². The molecule has 0 heterocycles. The predicted octanol–water partition coefficient (Wildman–Crippen LogP) is 3.01. The lowest BCUT2D eigenvalue weighted by molar-refractivity contribution is 0.0267. The van der Waals surface area contributed by atoms with Crippen molar-refractivity contribution in [2.75, 3.05) is 0 Å². The standard InChI is InChI=1S/C18H22O5S/c1-18-9-8-14-13-5-3-12(23-24(20,21)22)10-11(13)2-4-15(14)16(18)6-7-17(18)19/h3-5,10,14,16-17,19H,2,6-9H2,1H3,(H,20,21,22)/t14-,16+,17-,18+/m0/s1. The van der Waals surface area contributed by atoms with Crippen molar-refractivity contribution in [2.24, 2.45) is 11.3 Å². The van der Waals surface area contributed by atoms with Gasteiger partial charge in [-0.2, -0.15) is 8.42 Å². The van der Waals surface area contributed by atoms with Crippen LogP contribution in [0.2, 0.25) is 0 Å². The molecule has 0 amide bonds. The second-order valence-electron chi connectivity index (χ2n) is 7.52. The Morgan fingerprint density at radius 1 is 1.25 bits per heavy atom. The molecule has 3 aliphatic carbocycles. The molecule has 0 radical (unpaired) electrons. The number of rotatable bonds is 2. The van der Waals surface area contributed by atoms with E-state index in [-0.39, 0.29) is 17.3 Å². The van der Waals surface area contributed by atoms with Crippen LogP contribution < -0.4 is 4.18 Å². The molecule has 0 saturated heterocycles. The van der Waals surface area contributed by atoms with Gasteiger partial charge in [-0.1, -0.05) is 24.6 Å². The van der Waals surface area contributed by atoms with Crippen molar-refractivity contribution < 1.29 is 22.3 Å². The summed E-state index contributed by atoms with van der Waals surface area (Å²) in [4.78, 5) is 0. The van der Waals surface area contributed by atoms with Crippen LogP contribution in [0.4, 0.5) is 0 Å². The van der Waals surface area contributed by atoms with Crippen molar-refractivity contribution in [3.8, 4) is 5.75 Å². The fraction of sp³-hybridized carbons (Fsp3) is 0.556. The lowest BCUT2D eigenvalue weighted by Gasteiger charge is -2.46. The number of allylic oxidation sites excluding steroid dienone is 2. The molecule has 0 unspecified atom stereocenters. The Morgan fingerprint density at radius 3 is 2.79 bits per heavy atom. The van der Waals surface area contributed by atoms with Crippen LogP contribution in [0.5, 0.6) is 5.75 Å². The van der Waals surface area contributed by atoms with Crippen LogP contribution in [-0.4, -0.2) is 24.2 Å². The highest BCUT2D eigenvalue weighted by Gasteiger charge is 2.51. The van der Waals surface area contributed by atoms with E-state index in [1.807, 2.05) is 6.07 Å². The van der Waals surface area contributed by atoms with Crippen LogP contribution in [0.25, 0.3) is 0 Å². The van der Waals surface area contributed by atoms with E-state index in [1.54, 1.807) is 12.1 Å². The third-order valence-electron chi connectivity index (χ3n) is 6.31. The molecule has 0 aliphatic heterocycles. The van der Waals surface area contributed by atoms with Crippen molar-refractivity contribution in [3.05, 3.63) is 41.0 Å². The molecule has 0 bridgehead atoms. The monoisotopic (exact) mass is 350 g/mol. The molecule has 4 atom stereocenters. The second-order valence-corrected chi connectivity index (χ2v) is 8.54. The summed E-state index contributed by atoms with van der Waals surface area (Å²) in [7, 11) is -4.50. The first-order chi connectivity index (χ1) is 11.3. The quantitative estimate of drug-likeness (QED) is 0.633. The third kappa shape index (κ3) is 2.48. The normalized spacial score (nSPS) is 34.8. The fourth-order valence-electron chi connectivity index (χ4n) is 5.09. The van der Waals surface area contributed by atoms with Crippen molar-refractivity contribution >= 4 is 10.4 Å². The van der Waals surface area contributed by atoms with Gasteiger partial charge in [0.1, 0.15) is 5.75 Å². The number of aliphatic hydroxyl groups is 1. The van der Waals surface area contributed by atoms with Crippen molar-refractivity contribution in [2.45, 2.75) is 51.0 Å². The van der Waals surface area contributed by atoms with E-state index in [2.05, 4.69) is 17.2 Å². The maximum absolute atomic E-state index is 10.9. The van der Waals surface area contributed by atoms with Crippen LogP contribution in [0.15, 0.2) is 29.8 Å². The molecule has 1 aromatic carbocycles. The zero-order valence-electron chi connectivity index (χ0n) is 13.6. The molecule has 2 N–H and O–H groups in total. The summed E-state index contributed by atoms with van der Waals surface area (Å²) in [5, 5.41) is 10.4. The summed E-state index contributed by atoms with van der Waals surface area (Å²) in [6, 6.07) is 5.22. The van der Waals surface area contributed by atoms with Gasteiger partial charge >= 0.3 is 10.4 Å². The number of hydrogen-bond acceptors (Lipinski definition) is 4. The van der Waals surface area contributed by atoms with E-state index in [0.717, 1.165) is 37.7 Å². The highest BCUT2D eigenvalue weighted by molar-refractivity contribution is 7.81. The van der Waals surface area contributed by atoms with Gasteiger partial charge in [-0.15, -0.1) is 0 Å². The number of benzene rings is 1.